The van der Waals surface area contributed by atoms with Crippen LogP contribution in [-0.2, 0) is 0 Å². The van der Waals surface area contributed by atoms with Crippen LogP contribution >= 0.6 is 0 Å². The van der Waals surface area contributed by atoms with Gasteiger partial charge >= 0.3 is 0 Å². The van der Waals surface area contributed by atoms with Gasteiger partial charge in [-0.15, -0.1) is 0 Å². The van der Waals surface area contributed by atoms with Crippen molar-refractivity contribution in [2.75, 3.05) is 0 Å². The summed E-state index contributed by atoms with van der Waals surface area (Å²) in [6.45, 7) is 2.10. The zero-order valence-electron chi connectivity index (χ0n) is 14.5. The van der Waals surface area contributed by atoms with Crippen molar-refractivity contribution in [2.45, 2.75) is 25.6 Å². The van der Waals surface area contributed by atoms with Gasteiger partial charge < -0.3 is 4.74 Å². The molecule has 0 N–H and O–H groups in total. The molecule has 0 saturated carbocycles. The Balaban J connectivity index is 1.60. The minimum absolute atomic E-state index is 0.189. The molecule has 2 aliphatic rings. The molecule has 2 aromatic carbocycles. The molecule has 128 valence electrons. The van der Waals surface area contributed by atoms with E-state index in [0.717, 1.165) is 29.0 Å². The fraction of sp³-hybridized carbons (Fsp3) is 0.182. The number of nitrogens with zero attached hydrogens (tertiary/aromatic N) is 3. The monoisotopic (exact) mass is 341 g/mol. The Hall–Kier alpha value is -3.14. The second kappa shape index (κ2) is 5.99. The van der Waals surface area contributed by atoms with Gasteiger partial charge in [-0.3, -0.25) is 4.98 Å². The predicted octanol–water partition coefficient (Wildman–Crippen LogP) is 4.63. The molecule has 0 radical (unpaired) electrons. The molecule has 4 nitrogen and oxygen atoms in total. The maximum Gasteiger partial charge on any atom is 0.213 e. The average molecular weight is 341 g/mol. The van der Waals surface area contributed by atoms with Crippen LogP contribution in [0.1, 0.15) is 40.9 Å². The van der Waals surface area contributed by atoms with E-state index in [4.69, 9.17) is 9.84 Å². The third kappa shape index (κ3) is 2.46. The number of para-hydroxylation sites is 1. The second-order valence-electron chi connectivity index (χ2n) is 6.80. The molecule has 0 amide bonds. The van der Waals surface area contributed by atoms with E-state index >= 15 is 0 Å². The van der Waals surface area contributed by atoms with E-state index in [2.05, 4.69) is 59.4 Å². The molecule has 2 aliphatic heterocycles. The highest BCUT2D eigenvalue weighted by atomic mass is 16.5. The summed E-state index contributed by atoms with van der Waals surface area (Å²) >= 11 is 0. The van der Waals surface area contributed by atoms with Crippen molar-refractivity contribution in [2.24, 2.45) is 5.10 Å². The first-order valence-corrected chi connectivity index (χ1v) is 8.88. The van der Waals surface area contributed by atoms with E-state index in [9.17, 15) is 0 Å². The van der Waals surface area contributed by atoms with Gasteiger partial charge in [-0.25, -0.2) is 5.01 Å². The normalized spacial score (nSPS) is 20.8. The number of hydrogen-bond acceptors (Lipinski definition) is 4. The van der Waals surface area contributed by atoms with Gasteiger partial charge in [-0.05, 0) is 25.1 Å². The van der Waals surface area contributed by atoms with Crippen LogP contribution < -0.4 is 4.74 Å². The molecule has 2 atom stereocenters. The Labute approximate surface area is 152 Å². The Morgan fingerprint density at radius 1 is 0.962 bits per heavy atom. The van der Waals surface area contributed by atoms with Crippen LogP contribution in [0.15, 0.2) is 78.2 Å². The number of aryl methyl sites for hydroxylation is 1. The molecule has 0 bridgehead atoms. The summed E-state index contributed by atoms with van der Waals surface area (Å²) in [5.74, 6) is 0.950. The summed E-state index contributed by atoms with van der Waals surface area (Å²) in [5, 5.41) is 7.07. The van der Waals surface area contributed by atoms with Crippen molar-refractivity contribution < 1.29 is 4.74 Å². The van der Waals surface area contributed by atoms with Gasteiger partial charge in [0.2, 0.25) is 6.23 Å². The Morgan fingerprint density at radius 2 is 1.73 bits per heavy atom. The van der Waals surface area contributed by atoms with Crippen molar-refractivity contribution in [3.8, 4) is 5.75 Å². The van der Waals surface area contributed by atoms with E-state index in [0.29, 0.717) is 0 Å². The van der Waals surface area contributed by atoms with Gasteiger partial charge in [-0.1, -0.05) is 48.0 Å². The van der Waals surface area contributed by atoms with Crippen molar-refractivity contribution in [1.29, 1.82) is 0 Å². The largest absolute Gasteiger partial charge is 0.464 e. The zero-order valence-corrected chi connectivity index (χ0v) is 14.5. The lowest BCUT2D eigenvalue weighted by Crippen LogP contribution is -2.33. The highest BCUT2D eigenvalue weighted by molar-refractivity contribution is 6.01. The van der Waals surface area contributed by atoms with Gasteiger partial charge in [-0.2, -0.15) is 5.10 Å². The first-order valence-electron chi connectivity index (χ1n) is 8.88. The molecule has 3 aromatic rings. The molecular formula is C22H19N3O. The molecule has 5 rings (SSSR count). The average Bonchev–Trinajstić information content (AvgIpc) is 3.14. The number of hydrazone groups is 1. The molecule has 4 heteroatoms. The molecule has 26 heavy (non-hydrogen) atoms. The van der Waals surface area contributed by atoms with Crippen LogP contribution in [0.3, 0.4) is 0 Å². The van der Waals surface area contributed by atoms with Crippen molar-refractivity contribution >= 4 is 5.71 Å². The molecule has 1 aromatic heterocycles. The standard InChI is InChI=1S/C22H19N3O/c1-15-6-8-17(9-7-15)22-25-20(18-4-2-3-5-21(18)26-22)14-19(24-25)16-10-12-23-13-11-16/h2-13,20,22H,14H2,1H3/t20-,22-/m0/s1. The first-order chi connectivity index (χ1) is 12.8. The molecule has 3 heterocycles. The Bertz CT molecular complexity index is 966. The second-order valence-corrected chi connectivity index (χ2v) is 6.80. The third-order valence-electron chi connectivity index (χ3n) is 5.08. The number of pyridine rings is 1. The molecule has 0 spiro atoms. The molecular weight excluding hydrogens is 322 g/mol. The maximum atomic E-state index is 6.36. The number of ether oxygens (including phenoxy) is 1. The Morgan fingerprint density at radius 3 is 2.54 bits per heavy atom. The SMILES string of the molecule is Cc1ccc([C@@H]2Oc3ccccc3[C@@H]3CC(c4ccncc4)=NN32)cc1. The fourth-order valence-electron chi connectivity index (χ4n) is 3.70. The first kappa shape index (κ1) is 15.1. The van der Waals surface area contributed by atoms with Gasteiger partial charge in [0.05, 0.1) is 11.8 Å². The zero-order chi connectivity index (χ0) is 17.5. The van der Waals surface area contributed by atoms with Gasteiger partial charge in [0, 0.05) is 35.5 Å². The smallest absolute Gasteiger partial charge is 0.213 e. The summed E-state index contributed by atoms with van der Waals surface area (Å²) in [7, 11) is 0. The van der Waals surface area contributed by atoms with Crippen LogP contribution in [0.4, 0.5) is 0 Å². The highest BCUT2D eigenvalue weighted by Gasteiger charge is 2.40. The number of rotatable bonds is 2. The highest BCUT2D eigenvalue weighted by Crippen LogP contribution is 2.47. The molecule has 0 fully saturated rings. The van der Waals surface area contributed by atoms with E-state index < -0.39 is 0 Å². The molecule has 0 saturated heterocycles. The van der Waals surface area contributed by atoms with E-state index in [1.54, 1.807) is 0 Å². The summed E-state index contributed by atoms with van der Waals surface area (Å²) < 4.78 is 6.36. The van der Waals surface area contributed by atoms with E-state index in [-0.39, 0.29) is 12.3 Å². The van der Waals surface area contributed by atoms with Crippen LogP contribution in [-0.4, -0.2) is 15.7 Å². The number of aromatic nitrogens is 1. The van der Waals surface area contributed by atoms with Crippen molar-refractivity contribution in [1.82, 2.24) is 9.99 Å². The molecule has 0 aliphatic carbocycles. The number of benzene rings is 2. The van der Waals surface area contributed by atoms with Crippen LogP contribution in [0, 0.1) is 6.92 Å². The predicted molar refractivity (Wildman–Crippen MR) is 101 cm³/mol. The van der Waals surface area contributed by atoms with Crippen LogP contribution in [0.2, 0.25) is 0 Å². The van der Waals surface area contributed by atoms with Crippen molar-refractivity contribution in [3.63, 3.8) is 0 Å². The lowest BCUT2D eigenvalue weighted by atomic mass is 9.96. The van der Waals surface area contributed by atoms with Crippen LogP contribution in [0.5, 0.6) is 5.75 Å². The van der Waals surface area contributed by atoms with Gasteiger partial charge in [0.25, 0.3) is 0 Å². The maximum absolute atomic E-state index is 6.36. The lowest BCUT2D eigenvalue weighted by Gasteiger charge is -2.38. The van der Waals surface area contributed by atoms with Crippen LogP contribution in [0.25, 0.3) is 0 Å². The summed E-state index contributed by atoms with van der Waals surface area (Å²) in [4.78, 5) is 4.12. The summed E-state index contributed by atoms with van der Waals surface area (Å²) in [5.41, 5.74) is 5.76. The molecule has 0 unspecified atom stereocenters. The fourth-order valence-corrected chi connectivity index (χ4v) is 3.70. The van der Waals surface area contributed by atoms with Crippen molar-refractivity contribution in [3.05, 3.63) is 95.3 Å². The van der Waals surface area contributed by atoms with E-state index in [1.807, 2.05) is 30.6 Å². The van der Waals surface area contributed by atoms with Gasteiger partial charge in [0.1, 0.15) is 5.75 Å². The Kier molecular flexibility index (Phi) is 3.49. The minimum atomic E-state index is -0.213. The minimum Gasteiger partial charge on any atom is -0.464 e. The topological polar surface area (TPSA) is 37.7 Å². The number of fused-ring (bicyclic) bond motifs is 3. The third-order valence-corrected chi connectivity index (χ3v) is 5.08. The van der Waals surface area contributed by atoms with E-state index in [1.165, 1.54) is 11.1 Å². The lowest BCUT2D eigenvalue weighted by molar-refractivity contribution is -0.0190. The summed E-state index contributed by atoms with van der Waals surface area (Å²) in [6, 6.07) is 21.0. The summed E-state index contributed by atoms with van der Waals surface area (Å²) in [6.07, 6.45) is 4.29. The number of hydrogen-bond donors (Lipinski definition) is 0. The quantitative estimate of drug-likeness (QED) is 0.682. The van der Waals surface area contributed by atoms with Gasteiger partial charge in [0.15, 0.2) is 0 Å².